The second kappa shape index (κ2) is 7.09. The fraction of sp³-hybridized carbons (Fsp3) is 0.522. The number of rotatable bonds is 3. The normalized spacial score (nSPS) is 20.2. The zero-order valence-electron chi connectivity index (χ0n) is 16.6. The first kappa shape index (κ1) is 18.7. The van der Waals surface area contributed by atoms with Crippen molar-refractivity contribution in [1.82, 2.24) is 0 Å². The van der Waals surface area contributed by atoms with Gasteiger partial charge in [-0.1, -0.05) is 85.7 Å². The van der Waals surface area contributed by atoms with Crippen LogP contribution in [0.3, 0.4) is 0 Å². The van der Waals surface area contributed by atoms with E-state index in [0.29, 0.717) is 17.8 Å². The number of hydrogen-bond acceptors (Lipinski definition) is 1. The molecular weight excluding hydrogens is 290 g/mol. The van der Waals surface area contributed by atoms with Crippen LogP contribution in [-0.2, 0) is 0 Å². The van der Waals surface area contributed by atoms with Gasteiger partial charge >= 0.3 is 0 Å². The summed E-state index contributed by atoms with van der Waals surface area (Å²) in [6.45, 7) is 18.0. The van der Waals surface area contributed by atoms with Gasteiger partial charge in [0.25, 0.3) is 0 Å². The maximum Gasteiger partial charge on any atom is 0.0702 e. The van der Waals surface area contributed by atoms with E-state index in [-0.39, 0.29) is 5.41 Å². The summed E-state index contributed by atoms with van der Waals surface area (Å²) >= 11 is 0. The van der Waals surface area contributed by atoms with E-state index in [4.69, 9.17) is 4.99 Å². The van der Waals surface area contributed by atoms with Gasteiger partial charge in [-0.15, -0.1) is 0 Å². The lowest BCUT2D eigenvalue weighted by molar-refractivity contribution is 0.516. The Hall–Kier alpha value is -1.63. The Bertz CT molecular complexity index is 652. The molecule has 1 aliphatic rings. The lowest BCUT2D eigenvalue weighted by atomic mass is 9.81. The van der Waals surface area contributed by atoms with Gasteiger partial charge in [-0.2, -0.15) is 0 Å². The Kier molecular flexibility index (Phi) is 5.52. The van der Waals surface area contributed by atoms with Gasteiger partial charge in [0.15, 0.2) is 0 Å². The summed E-state index contributed by atoms with van der Waals surface area (Å²) in [7, 11) is 0. The summed E-state index contributed by atoms with van der Waals surface area (Å²) in [5, 5.41) is 0. The van der Waals surface area contributed by atoms with Crippen molar-refractivity contribution in [3.63, 3.8) is 0 Å². The zero-order valence-corrected chi connectivity index (χ0v) is 16.6. The third-order valence-corrected chi connectivity index (χ3v) is 4.78. The Morgan fingerprint density at radius 1 is 0.958 bits per heavy atom. The Balaban J connectivity index is 2.61. The lowest BCUT2D eigenvalue weighted by Gasteiger charge is -2.25. The molecule has 0 N–H and O–H groups in total. The highest BCUT2D eigenvalue weighted by Gasteiger charge is 2.21. The van der Waals surface area contributed by atoms with Crippen LogP contribution in [0.2, 0.25) is 0 Å². The molecule has 24 heavy (non-hydrogen) atoms. The topological polar surface area (TPSA) is 12.4 Å². The van der Waals surface area contributed by atoms with Gasteiger partial charge in [-0.3, -0.25) is 4.99 Å². The fourth-order valence-corrected chi connectivity index (χ4v) is 3.06. The van der Waals surface area contributed by atoms with Gasteiger partial charge in [-0.25, -0.2) is 0 Å². The van der Waals surface area contributed by atoms with E-state index in [2.05, 4.69) is 91.8 Å². The third-order valence-electron chi connectivity index (χ3n) is 4.78. The SMILES string of the molecule is CC1C=CC(C(C)(C)C)=CC1=Nc1c(C(C)C)cccc1C(C)C. The minimum absolute atomic E-state index is 0.149. The van der Waals surface area contributed by atoms with Gasteiger partial charge in [0, 0.05) is 11.6 Å². The first-order valence-corrected chi connectivity index (χ1v) is 9.23. The molecule has 1 heteroatoms. The fourth-order valence-electron chi connectivity index (χ4n) is 3.06. The van der Waals surface area contributed by atoms with Crippen molar-refractivity contribution < 1.29 is 0 Å². The van der Waals surface area contributed by atoms with E-state index >= 15 is 0 Å². The molecule has 1 nitrogen and oxygen atoms in total. The molecule has 0 amide bonds. The van der Waals surface area contributed by atoms with Crippen LogP contribution in [0, 0.1) is 11.3 Å². The van der Waals surface area contributed by atoms with E-state index in [0.717, 1.165) is 0 Å². The van der Waals surface area contributed by atoms with Gasteiger partial charge < -0.3 is 0 Å². The van der Waals surface area contributed by atoms with E-state index in [9.17, 15) is 0 Å². The summed E-state index contributed by atoms with van der Waals surface area (Å²) in [5.41, 5.74) is 6.56. The van der Waals surface area contributed by atoms with Gasteiger partial charge in [0.2, 0.25) is 0 Å². The Morgan fingerprint density at radius 2 is 1.50 bits per heavy atom. The maximum absolute atomic E-state index is 5.19. The van der Waals surface area contributed by atoms with Crippen molar-refractivity contribution in [3.8, 4) is 0 Å². The molecule has 1 unspecified atom stereocenters. The number of hydrogen-bond donors (Lipinski definition) is 0. The van der Waals surface area contributed by atoms with Gasteiger partial charge in [0.1, 0.15) is 0 Å². The highest BCUT2D eigenvalue weighted by atomic mass is 14.8. The van der Waals surface area contributed by atoms with Gasteiger partial charge in [-0.05, 0) is 40.0 Å². The van der Waals surface area contributed by atoms with Crippen LogP contribution in [0.15, 0.2) is 47.0 Å². The standard InChI is InChI=1S/C23H33N/c1-15(2)19-10-9-11-20(16(3)4)22(19)24-21-14-18(23(6,7)8)13-12-17(21)5/h9-17H,1-8H3. The summed E-state index contributed by atoms with van der Waals surface area (Å²) in [4.78, 5) is 5.19. The molecule has 0 spiro atoms. The Labute approximate surface area is 148 Å². The predicted molar refractivity (Wildman–Crippen MR) is 108 cm³/mol. The van der Waals surface area contributed by atoms with Gasteiger partial charge in [0.05, 0.1) is 5.69 Å². The first-order valence-electron chi connectivity index (χ1n) is 9.23. The minimum atomic E-state index is 0.149. The van der Waals surface area contributed by atoms with Crippen molar-refractivity contribution in [1.29, 1.82) is 0 Å². The second-order valence-electron chi connectivity index (χ2n) is 8.63. The predicted octanol–water partition coefficient (Wildman–Crippen LogP) is 7.18. The summed E-state index contributed by atoms with van der Waals surface area (Å²) < 4.78 is 0. The molecule has 1 aromatic carbocycles. The molecule has 0 saturated heterocycles. The number of benzene rings is 1. The lowest BCUT2D eigenvalue weighted by Crippen LogP contribution is -2.17. The van der Waals surface area contributed by atoms with Crippen LogP contribution in [0.25, 0.3) is 0 Å². The molecule has 0 radical (unpaired) electrons. The average Bonchev–Trinajstić information content (AvgIpc) is 2.48. The van der Waals surface area contributed by atoms with Crippen molar-refractivity contribution >= 4 is 11.4 Å². The number of allylic oxidation sites excluding steroid dienone is 4. The molecule has 0 aliphatic heterocycles. The van der Waals surface area contributed by atoms with Crippen molar-refractivity contribution in [2.24, 2.45) is 16.3 Å². The van der Waals surface area contributed by atoms with Crippen LogP contribution in [-0.4, -0.2) is 5.71 Å². The second-order valence-corrected chi connectivity index (χ2v) is 8.63. The number of aliphatic imine (C=N–C) groups is 1. The van der Waals surface area contributed by atoms with E-state index in [1.807, 2.05) is 0 Å². The van der Waals surface area contributed by atoms with Crippen LogP contribution >= 0.6 is 0 Å². The van der Waals surface area contributed by atoms with Crippen LogP contribution in [0.5, 0.6) is 0 Å². The molecule has 0 fully saturated rings. The monoisotopic (exact) mass is 323 g/mol. The van der Waals surface area contributed by atoms with E-state index < -0.39 is 0 Å². The largest absolute Gasteiger partial charge is 0.252 e. The molecule has 1 aromatic rings. The van der Waals surface area contributed by atoms with Crippen molar-refractivity contribution in [2.45, 2.75) is 67.2 Å². The van der Waals surface area contributed by atoms with E-state index in [1.165, 1.54) is 28.1 Å². The Morgan fingerprint density at radius 3 is 1.96 bits per heavy atom. The van der Waals surface area contributed by atoms with Crippen LogP contribution in [0.1, 0.15) is 78.4 Å². The zero-order chi connectivity index (χ0) is 18.1. The smallest absolute Gasteiger partial charge is 0.0702 e. The molecule has 0 heterocycles. The molecule has 2 rings (SSSR count). The summed E-state index contributed by atoms with van der Waals surface area (Å²) in [5.74, 6) is 1.31. The number of nitrogens with zero attached hydrogens (tertiary/aromatic N) is 1. The highest BCUT2D eigenvalue weighted by molar-refractivity contribution is 6.01. The molecule has 1 aliphatic carbocycles. The molecule has 0 bridgehead atoms. The van der Waals surface area contributed by atoms with Crippen LogP contribution in [0.4, 0.5) is 5.69 Å². The van der Waals surface area contributed by atoms with Crippen molar-refractivity contribution in [3.05, 3.63) is 53.1 Å². The average molecular weight is 324 g/mol. The molecule has 0 saturated carbocycles. The summed E-state index contributed by atoms with van der Waals surface area (Å²) in [6, 6.07) is 6.64. The molecular formula is C23H33N. The molecule has 1 atom stereocenters. The molecule has 130 valence electrons. The van der Waals surface area contributed by atoms with E-state index in [1.54, 1.807) is 0 Å². The minimum Gasteiger partial charge on any atom is -0.252 e. The first-order chi connectivity index (χ1) is 11.1. The summed E-state index contributed by atoms with van der Waals surface area (Å²) in [6.07, 6.45) is 6.85. The quantitative estimate of drug-likeness (QED) is 0.558. The third kappa shape index (κ3) is 4.06. The molecule has 0 aromatic heterocycles. The highest BCUT2D eigenvalue weighted by Crippen LogP contribution is 2.37. The van der Waals surface area contributed by atoms with Crippen LogP contribution < -0.4 is 0 Å². The maximum atomic E-state index is 5.19. The number of para-hydroxylation sites is 1. The van der Waals surface area contributed by atoms with Crippen molar-refractivity contribution in [2.75, 3.05) is 0 Å².